The first-order valence-corrected chi connectivity index (χ1v) is 3.76. The van der Waals surface area contributed by atoms with Gasteiger partial charge in [-0.1, -0.05) is 20.8 Å². The molecule has 0 N–H and O–H groups in total. The molecule has 0 aromatic rings. The SMILES string of the molecule is CN1C(=O)OC1(C)C(C)(C)C. The molecule has 3 nitrogen and oxygen atoms in total. The summed E-state index contributed by atoms with van der Waals surface area (Å²) < 4.78 is 5.09. The lowest BCUT2D eigenvalue weighted by Gasteiger charge is -2.53. The molecule has 0 bridgehead atoms. The van der Waals surface area contributed by atoms with Gasteiger partial charge in [0.2, 0.25) is 0 Å². The zero-order valence-corrected chi connectivity index (χ0v) is 7.76. The average molecular weight is 157 g/mol. The molecule has 0 radical (unpaired) electrons. The van der Waals surface area contributed by atoms with Gasteiger partial charge in [0, 0.05) is 12.5 Å². The lowest BCUT2D eigenvalue weighted by Crippen LogP contribution is -2.67. The fourth-order valence-corrected chi connectivity index (χ4v) is 1.10. The van der Waals surface area contributed by atoms with Crippen molar-refractivity contribution in [3.05, 3.63) is 0 Å². The van der Waals surface area contributed by atoms with Crippen molar-refractivity contribution in [2.75, 3.05) is 7.05 Å². The van der Waals surface area contributed by atoms with Gasteiger partial charge >= 0.3 is 6.09 Å². The monoisotopic (exact) mass is 157 g/mol. The Morgan fingerprint density at radius 2 is 1.91 bits per heavy atom. The van der Waals surface area contributed by atoms with Crippen LogP contribution in [0.1, 0.15) is 27.7 Å². The number of amides is 1. The summed E-state index contributed by atoms with van der Waals surface area (Å²) in [5.74, 6) is 0. The van der Waals surface area contributed by atoms with Crippen LogP contribution in [0.5, 0.6) is 0 Å². The van der Waals surface area contributed by atoms with Gasteiger partial charge in [-0.15, -0.1) is 0 Å². The van der Waals surface area contributed by atoms with Crippen molar-refractivity contribution < 1.29 is 9.53 Å². The molecule has 1 amide bonds. The number of nitrogens with zero attached hydrogens (tertiary/aromatic N) is 1. The van der Waals surface area contributed by atoms with Gasteiger partial charge in [0.1, 0.15) is 0 Å². The van der Waals surface area contributed by atoms with Crippen molar-refractivity contribution in [1.29, 1.82) is 0 Å². The number of hydrogen-bond acceptors (Lipinski definition) is 2. The van der Waals surface area contributed by atoms with E-state index in [0.29, 0.717) is 0 Å². The second-order valence-corrected chi connectivity index (χ2v) is 4.16. The van der Waals surface area contributed by atoms with Crippen LogP contribution in [0.15, 0.2) is 0 Å². The van der Waals surface area contributed by atoms with E-state index in [1.54, 1.807) is 11.9 Å². The lowest BCUT2D eigenvalue weighted by molar-refractivity contribution is -0.219. The van der Waals surface area contributed by atoms with E-state index < -0.39 is 5.72 Å². The number of carbonyl (C=O) groups excluding carboxylic acids is 1. The van der Waals surface area contributed by atoms with Crippen LogP contribution in [-0.4, -0.2) is 23.8 Å². The molecule has 0 spiro atoms. The summed E-state index contributed by atoms with van der Waals surface area (Å²) in [5, 5.41) is 0. The van der Waals surface area contributed by atoms with Gasteiger partial charge in [0.05, 0.1) is 0 Å². The summed E-state index contributed by atoms with van der Waals surface area (Å²) in [5.41, 5.74) is -0.459. The van der Waals surface area contributed by atoms with Crippen molar-refractivity contribution >= 4 is 6.09 Å². The first-order chi connectivity index (χ1) is 4.79. The molecule has 0 aliphatic carbocycles. The molecule has 1 aliphatic heterocycles. The Labute approximate surface area is 67.3 Å². The standard InChI is InChI=1S/C8H15NO2/c1-7(2,3)8(4)9(5)6(10)11-8/h1-5H3. The molecule has 1 rings (SSSR count). The normalized spacial score (nSPS) is 31.4. The van der Waals surface area contributed by atoms with Crippen LogP contribution in [0.3, 0.4) is 0 Å². The largest absolute Gasteiger partial charge is 0.422 e. The average Bonchev–Trinajstić information content (AvgIpc) is 1.85. The number of cyclic esters (lactones) is 1. The molecule has 1 atom stereocenters. The molecule has 0 saturated carbocycles. The molecular weight excluding hydrogens is 142 g/mol. The Bertz CT molecular complexity index is 195. The van der Waals surface area contributed by atoms with Crippen molar-refractivity contribution in [1.82, 2.24) is 4.90 Å². The molecule has 11 heavy (non-hydrogen) atoms. The first kappa shape index (κ1) is 8.37. The zero-order valence-electron chi connectivity index (χ0n) is 7.76. The Morgan fingerprint density at radius 3 is 2.00 bits per heavy atom. The lowest BCUT2D eigenvalue weighted by atomic mass is 9.82. The van der Waals surface area contributed by atoms with E-state index in [9.17, 15) is 4.79 Å². The smallest absolute Gasteiger partial charge is 0.414 e. The fraction of sp³-hybridized carbons (Fsp3) is 0.875. The third kappa shape index (κ3) is 0.905. The minimum atomic E-state index is -0.427. The summed E-state index contributed by atoms with van der Waals surface area (Å²) in [6.07, 6.45) is -0.234. The zero-order chi connectivity index (χ0) is 8.86. The van der Waals surface area contributed by atoms with Crippen molar-refractivity contribution in [2.24, 2.45) is 5.41 Å². The van der Waals surface area contributed by atoms with Gasteiger partial charge in [-0.25, -0.2) is 4.79 Å². The molecule has 64 valence electrons. The van der Waals surface area contributed by atoms with Crippen molar-refractivity contribution in [3.8, 4) is 0 Å². The third-order valence-electron chi connectivity index (χ3n) is 2.59. The Balaban J connectivity index is 2.80. The van der Waals surface area contributed by atoms with Crippen LogP contribution >= 0.6 is 0 Å². The highest BCUT2D eigenvalue weighted by Crippen LogP contribution is 2.42. The molecule has 1 aliphatic rings. The predicted octanol–water partition coefficient (Wildman–Crippen LogP) is 1.83. The summed E-state index contributed by atoms with van der Waals surface area (Å²) >= 11 is 0. The highest BCUT2D eigenvalue weighted by molar-refractivity contribution is 5.74. The second-order valence-electron chi connectivity index (χ2n) is 4.16. The van der Waals surface area contributed by atoms with Crippen LogP contribution in [0, 0.1) is 5.41 Å². The highest BCUT2D eigenvalue weighted by Gasteiger charge is 2.55. The highest BCUT2D eigenvalue weighted by atomic mass is 16.6. The second kappa shape index (κ2) is 1.90. The van der Waals surface area contributed by atoms with Crippen LogP contribution in [0.25, 0.3) is 0 Å². The molecule has 1 fully saturated rings. The molecular formula is C8H15NO2. The van der Waals surface area contributed by atoms with E-state index in [0.717, 1.165) is 0 Å². The van der Waals surface area contributed by atoms with Gasteiger partial charge < -0.3 is 4.74 Å². The number of carbonyl (C=O) groups is 1. The first-order valence-electron chi connectivity index (χ1n) is 3.76. The van der Waals surface area contributed by atoms with E-state index in [1.165, 1.54) is 0 Å². The Morgan fingerprint density at radius 1 is 1.45 bits per heavy atom. The van der Waals surface area contributed by atoms with Gasteiger partial charge in [-0.3, -0.25) is 4.90 Å². The van der Waals surface area contributed by atoms with Crippen molar-refractivity contribution in [2.45, 2.75) is 33.4 Å². The Kier molecular flexibility index (Phi) is 1.44. The van der Waals surface area contributed by atoms with E-state index in [-0.39, 0.29) is 11.5 Å². The third-order valence-corrected chi connectivity index (χ3v) is 2.59. The van der Waals surface area contributed by atoms with Crippen LogP contribution in [-0.2, 0) is 4.74 Å². The topological polar surface area (TPSA) is 29.5 Å². The van der Waals surface area contributed by atoms with Crippen molar-refractivity contribution in [3.63, 3.8) is 0 Å². The quantitative estimate of drug-likeness (QED) is 0.537. The number of hydrogen-bond donors (Lipinski definition) is 0. The summed E-state index contributed by atoms with van der Waals surface area (Å²) in [6, 6.07) is 0. The molecule has 1 heterocycles. The maximum Gasteiger partial charge on any atom is 0.414 e. The predicted molar refractivity (Wildman–Crippen MR) is 42.1 cm³/mol. The van der Waals surface area contributed by atoms with Gasteiger partial charge in [-0.2, -0.15) is 0 Å². The summed E-state index contributed by atoms with van der Waals surface area (Å²) in [4.78, 5) is 12.4. The number of ether oxygens (including phenoxy) is 1. The maximum absolute atomic E-state index is 10.8. The molecule has 1 saturated heterocycles. The van der Waals surface area contributed by atoms with Gasteiger partial charge in [0.15, 0.2) is 5.72 Å². The minimum Gasteiger partial charge on any atom is -0.422 e. The Hall–Kier alpha value is -0.730. The van der Waals surface area contributed by atoms with E-state index in [2.05, 4.69) is 20.8 Å². The fourth-order valence-electron chi connectivity index (χ4n) is 1.10. The van der Waals surface area contributed by atoms with E-state index in [1.807, 2.05) is 6.92 Å². The molecule has 0 aromatic carbocycles. The van der Waals surface area contributed by atoms with Crippen LogP contribution < -0.4 is 0 Å². The summed E-state index contributed by atoms with van der Waals surface area (Å²) in [7, 11) is 1.76. The minimum absolute atomic E-state index is 0.0321. The van der Waals surface area contributed by atoms with E-state index in [4.69, 9.17) is 4.74 Å². The van der Waals surface area contributed by atoms with Crippen LogP contribution in [0.4, 0.5) is 4.79 Å². The maximum atomic E-state index is 10.8. The van der Waals surface area contributed by atoms with Gasteiger partial charge in [-0.05, 0) is 6.92 Å². The van der Waals surface area contributed by atoms with Crippen LogP contribution in [0.2, 0.25) is 0 Å². The molecule has 1 unspecified atom stereocenters. The van der Waals surface area contributed by atoms with E-state index >= 15 is 0 Å². The molecule has 0 aromatic heterocycles. The molecule has 3 heteroatoms. The van der Waals surface area contributed by atoms with Gasteiger partial charge in [0.25, 0.3) is 0 Å². The summed E-state index contributed by atoms with van der Waals surface area (Å²) in [6.45, 7) is 8.08. The number of rotatable bonds is 0.